The van der Waals surface area contributed by atoms with E-state index < -0.39 is 0 Å². The van der Waals surface area contributed by atoms with Crippen molar-refractivity contribution >= 4 is 0 Å². The first-order valence-electron chi connectivity index (χ1n) is 5.03. The number of aromatic amines is 1. The number of nitrogens with zero attached hydrogens (tertiary/aromatic N) is 2. The summed E-state index contributed by atoms with van der Waals surface area (Å²) in [5.74, 6) is 0.629. The van der Waals surface area contributed by atoms with Gasteiger partial charge in [-0.25, -0.2) is 9.67 Å². The van der Waals surface area contributed by atoms with Gasteiger partial charge < -0.3 is 0 Å². The van der Waals surface area contributed by atoms with Gasteiger partial charge in [0.1, 0.15) is 0 Å². The highest BCUT2D eigenvalue weighted by molar-refractivity contribution is 5.22. The molecule has 1 N–H and O–H groups in total. The molecule has 0 aliphatic carbocycles. The fraction of sp³-hybridized carbons (Fsp3) is 0.273. The van der Waals surface area contributed by atoms with E-state index in [2.05, 4.69) is 17.0 Å². The molecule has 2 heterocycles. The zero-order chi connectivity index (χ0) is 10.7. The molecule has 0 aliphatic rings. The minimum atomic E-state index is -0.00412. The molecule has 0 unspecified atom stereocenters. The number of hydrogen-bond donors (Lipinski definition) is 1. The number of aryl methyl sites for hydroxylation is 1. The predicted octanol–water partition coefficient (Wildman–Crippen LogP) is 1.51. The van der Waals surface area contributed by atoms with Crippen LogP contribution < -0.4 is 5.56 Å². The van der Waals surface area contributed by atoms with Gasteiger partial charge in [-0.05, 0) is 18.6 Å². The lowest BCUT2D eigenvalue weighted by Crippen LogP contribution is -2.18. The molecule has 0 fully saturated rings. The van der Waals surface area contributed by atoms with Gasteiger partial charge in [0.25, 0.3) is 5.56 Å². The van der Waals surface area contributed by atoms with Crippen LogP contribution in [0.15, 0.2) is 35.4 Å². The van der Waals surface area contributed by atoms with Crippen molar-refractivity contribution in [2.75, 3.05) is 0 Å². The van der Waals surface area contributed by atoms with Gasteiger partial charge in [0.2, 0.25) is 0 Å². The van der Waals surface area contributed by atoms with Crippen LogP contribution in [-0.4, -0.2) is 14.8 Å². The number of aromatic nitrogens is 3. The lowest BCUT2D eigenvalue weighted by molar-refractivity contribution is 0.813. The van der Waals surface area contributed by atoms with Gasteiger partial charge in [0.05, 0.1) is 0 Å². The minimum absolute atomic E-state index is 0.00412. The fourth-order valence-corrected chi connectivity index (χ4v) is 1.51. The molecule has 4 nitrogen and oxygen atoms in total. The molecule has 0 aliphatic heterocycles. The summed E-state index contributed by atoms with van der Waals surface area (Å²) in [7, 11) is 0. The molecule has 0 atom stereocenters. The van der Waals surface area contributed by atoms with Crippen LogP contribution in [0.2, 0.25) is 0 Å². The summed E-state index contributed by atoms with van der Waals surface area (Å²) in [6, 6.07) is 5.48. The third-order valence-corrected chi connectivity index (χ3v) is 2.24. The maximum absolute atomic E-state index is 11.9. The van der Waals surface area contributed by atoms with Gasteiger partial charge in [-0.3, -0.25) is 9.89 Å². The number of H-pyrrole nitrogens is 1. The Bertz CT molecular complexity index is 484. The van der Waals surface area contributed by atoms with Crippen molar-refractivity contribution in [2.24, 2.45) is 0 Å². The number of nitrogens with one attached hydrogen (secondary N) is 1. The van der Waals surface area contributed by atoms with E-state index >= 15 is 0 Å². The van der Waals surface area contributed by atoms with Crippen molar-refractivity contribution in [1.29, 1.82) is 0 Å². The van der Waals surface area contributed by atoms with Crippen LogP contribution in [0, 0.1) is 0 Å². The van der Waals surface area contributed by atoms with Crippen LogP contribution in [0.1, 0.15) is 18.9 Å². The Kier molecular flexibility index (Phi) is 2.67. The molecule has 0 spiro atoms. The highest BCUT2D eigenvalue weighted by atomic mass is 16.1. The Morgan fingerprint density at radius 3 is 3.00 bits per heavy atom. The van der Waals surface area contributed by atoms with Crippen molar-refractivity contribution in [1.82, 2.24) is 14.8 Å². The number of rotatable bonds is 3. The molecule has 15 heavy (non-hydrogen) atoms. The van der Waals surface area contributed by atoms with Gasteiger partial charge in [-0.15, -0.1) is 0 Å². The van der Waals surface area contributed by atoms with Crippen molar-refractivity contribution in [3.63, 3.8) is 0 Å². The molecular formula is C11H13N3O. The summed E-state index contributed by atoms with van der Waals surface area (Å²) >= 11 is 0. The SMILES string of the molecule is CCCc1c[nH]n(-c2ccccn2)c1=O. The molecule has 78 valence electrons. The summed E-state index contributed by atoms with van der Waals surface area (Å²) in [4.78, 5) is 16.0. The highest BCUT2D eigenvalue weighted by Gasteiger charge is 2.06. The van der Waals surface area contributed by atoms with Gasteiger partial charge in [-0.2, -0.15) is 0 Å². The van der Waals surface area contributed by atoms with E-state index in [1.807, 2.05) is 12.1 Å². The Hall–Kier alpha value is -1.84. The normalized spacial score (nSPS) is 10.5. The third-order valence-electron chi connectivity index (χ3n) is 2.24. The second kappa shape index (κ2) is 4.13. The Labute approximate surface area is 87.6 Å². The number of pyridine rings is 1. The minimum Gasteiger partial charge on any atom is -0.297 e. The average molecular weight is 203 g/mol. The molecule has 2 rings (SSSR count). The summed E-state index contributed by atoms with van der Waals surface area (Å²) < 4.78 is 1.46. The molecule has 2 aromatic rings. The summed E-state index contributed by atoms with van der Waals surface area (Å²) in [5, 5.41) is 2.92. The molecule has 0 saturated carbocycles. The maximum atomic E-state index is 11.9. The lowest BCUT2D eigenvalue weighted by atomic mass is 10.2. The summed E-state index contributed by atoms with van der Waals surface area (Å²) in [6.07, 6.45) is 5.19. The van der Waals surface area contributed by atoms with Crippen molar-refractivity contribution in [3.8, 4) is 5.82 Å². The van der Waals surface area contributed by atoms with E-state index in [0.717, 1.165) is 18.4 Å². The average Bonchev–Trinajstić information content (AvgIpc) is 2.63. The smallest absolute Gasteiger partial charge is 0.275 e. The van der Waals surface area contributed by atoms with E-state index in [1.165, 1.54) is 4.68 Å². The molecule has 0 bridgehead atoms. The number of hydrogen-bond acceptors (Lipinski definition) is 2. The third kappa shape index (κ3) is 1.83. The fourth-order valence-electron chi connectivity index (χ4n) is 1.51. The summed E-state index contributed by atoms with van der Waals surface area (Å²) in [6.45, 7) is 2.05. The lowest BCUT2D eigenvalue weighted by Gasteiger charge is -1.97. The van der Waals surface area contributed by atoms with Crippen LogP contribution in [0.3, 0.4) is 0 Å². The zero-order valence-electron chi connectivity index (χ0n) is 8.60. The molecule has 2 aromatic heterocycles. The highest BCUT2D eigenvalue weighted by Crippen LogP contribution is 2.00. The zero-order valence-corrected chi connectivity index (χ0v) is 8.60. The second-order valence-electron chi connectivity index (χ2n) is 3.38. The Balaban J connectivity index is 2.43. The van der Waals surface area contributed by atoms with Crippen LogP contribution in [0.5, 0.6) is 0 Å². The van der Waals surface area contributed by atoms with E-state index in [4.69, 9.17) is 0 Å². The standard InChI is InChI=1S/C11H13N3O/c1-2-5-9-8-13-14(11(9)15)10-6-3-4-7-12-10/h3-4,6-8,13H,2,5H2,1H3. The molecule has 0 radical (unpaired) electrons. The van der Waals surface area contributed by atoms with Crippen LogP contribution in [-0.2, 0) is 6.42 Å². The first-order valence-corrected chi connectivity index (χ1v) is 5.03. The second-order valence-corrected chi connectivity index (χ2v) is 3.38. The Morgan fingerprint density at radius 2 is 2.33 bits per heavy atom. The van der Waals surface area contributed by atoms with Crippen LogP contribution >= 0.6 is 0 Å². The van der Waals surface area contributed by atoms with Crippen molar-refractivity contribution in [3.05, 3.63) is 46.5 Å². The Morgan fingerprint density at radius 1 is 1.47 bits per heavy atom. The maximum Gasteiger partial charge on any atom is 0.275 e. The van der Waals surface area contributed by atoms with E-state index in [9.17, 15) is 4.79 Å². The monoisotopic (exact) mass is 203 g/mol. The van der Waals surface area contributed by atoms with Gasteiger partial charge in [-0.1, -0.05) is 19.4 Å². The molecule has 0 amide bonds. The van der Waals surface area contributed by atoms with Crippen molar-refractivity contribution in [2.45, 2.75) is 19.8 Å². The summed E-state index contributed by atoms with van der Waals surface area (Å²) in [5.41, 5.74) is 0.804. The van der Waals surface area contributed by atoms with Gasteiger partial charge >= 0.3 is 0 Å². The van der Waals surface area contributed by atoms with E-state index in [1.54, 1.807) is 18.5 Å². The topological polar surface area (TPSA) is 50.7 Å². The van der Waals surface area contributed by atoms with Gasteiger partial charge in [0.15, 0.2) is 5.82 Å². The molecule has 0 aromatic carbocycles. The van der Waals surface area contributed by atoms with Crippen molar-refractivity contribution < 1.29 is 0 Å². The van der Waals surface area contributed by atoms with E-state index in [-0.39, 0.29) is 5.56 Å². The van der Waals surface area contributed by atoms with Gasteiger partial charge in [0, 0.05) is 18.0 Å². The molecular weight excluding hydrogens is 190 g/mol. The largest absolute Gasteiger partial charge is 0.297 e. The quantitative estimate of drug-likeness (QED) is 0.822. The molecule has 4 heteroatoms. The molecule has 0 saturated heterocycles. The first kappa shape index (κ1) is 9.71. The van der Waals surface area contributed by atoms with Crippen LogP contribution in [0.25, 0.3) is 5.82 Å². The predicted molar refractivity (Wildman–Crippen MR) is 58.2 cm³/mol. The first-order chi connectivity index (χ1) is 7.33. The van der Waals surface area contributed by atoms with Crippen LogP contribution in [0.4, 0.5) is 0 Å². The van der Waals surface area contributed by atoms with E-state index in [0.29, 0.717) is 5.82 Å².